The molecule has 0 amide bonds. The zero-order chi connectivity index (χ0) is 13.0. The summed E-state index contributed by atoms with van der Waals surface area (Å²) in [4.78, 5) is 2.45. The van der Waals surface area contributed by atoms with Crippen LogP contribution in [0.25, 0.3) is 0 Å². The van der Waals surface area contributed by atoms with Crippen LogP contribution in [0.2, 0.25) is 0 Å². The van der Waals surface area contributed by atoms with Crippen molar-refractivity contribution in [2.45, 2.75) is 29.2 Å². The first-order chi connectivity index (χ1) is 8.72. The molecule has 0 saturated carbocycles. The maximum absolute atomic E-state index is 6.16. The molecule has 2 aromatic rings. The van der Waals surface area contributed by atoms with Gasteiger partial charge < -0.3 is 5.73 Å². The fourth-order valence-corrected chi connectivity index (χ4v) is 3.31. The highest BCUT2D eigenvalue weighted by molar-refractivity contribution is 9.10. The van der Waals surface area contributed by atoms with E-state index in [9.17, 15) is 0 Å². The number of hydrogen-bond acceptors (Lipinski definition) is 2. The highest BCUT2D eigenvalue weighted by Crippen LogP contribution is 2.36. The molecule has 1 nitrogen and oxygen atoms in total. The van der Waals surface area contributed by atoms with Crippen LogP contribution in [-0.2, 0) is 0 Å². The van der Waals surface area contributed by atoms with Gasteiger partial charge in [-0.05, 0) is 46.1 Å². The van der Waals surface area contributed by atoms with Crippen molar-refractivity contribution < 1.29 is 0 Å². The van der Waals surface area contributed by atoms with Gasteiger partial charge in [-0.1, -0.05) is 49.0 Å². The molecule has 0 aliphatic carbocycles. The van der Waals surface area contributed by atoms with Crippen LogP contribution in [-0.4, -0.2) is 0 Å². The van der Waals surface area contributed by atoms with Gasteiger partial charge in [0.1, 0.15) is 0 Å². The van der Waals surface area contributed by atoms with Gasteiger partial charge in [-0.15, -0.1) is 0 Å². The van der Waals surface area contributed by atoms with E-state index in [4.69, 9.17) is 5.73 Å². The van der Waals surface area contributed by atoms with Crippen molar-refractivity contribution in [3.63, 3.8) is 0 Å². The zero-order valence-corrected chi connectivity index (χ0v) is 12.7. The van der Waals surface area contributed by atoms with Crippen LogP contribution < -0.4 is 5.73 Å². The van der Waals surface area contributed by atoms with Gasteiger partial charge in [0.05, 0.1) is 0 Å². The monoisotopic (exact) mass is 321 g/mol. The molecule has 2 rings (SSSR count). The largest absolute Gasteiger partial charge is 0.324 e. The average Bonchev–Trinajstić information content (AvgIpc) is 2.41. The normalized spacial score (nSPS) is 12.4. The molecule has 0 aromatic heterocycles. The summed E-state index contributed by atoms with van der Waals surface area (Å²) < 4.78 is 1.12. The number of benzene rings is 2. The van der Waals surface area contributed by atoms with Crippen LogP contribution in [0.1, 0.15) is 24.9 Å². The minimum Gasteiger partial charge on any atom is -0.324 e. The summed E-state index contributed by atoms with van der Waals surface area (Å²) in [5, 5.41) is 0. The minimum atomic E-state index is 0.108. The molecule has 2 N–H and O–H groups in total. The molecule has 18 heavy (non-hydrogen) atoms. The van der Waals surface area contributed by atoms with E-state index in [0.717, 1.165) is 10.9 Å². The highest BCUT2D eigenvalue weighted by atomic mass is 79.9. The Labute approximate surface area is 121 Å². The van der Waals surface area contributed by atoms with Crippen LogP contribution >= 0.6 is 27.7 Å². The predicted octanol–water partition coefficient (Wildman–Crippen LogP) is 5.01. The maximum atomic E-state index is 6.16. The van der Waals surface area contributed by atoms with Crippen molar-refractivity contribution in [1.82, 2.24) is 0 Å². The van der Waals surface area contributed by atoms with E-state index in [-0.39, 0.29) is 6.04 Å². The maximum Gasteiger partial charge on any atom is 0.0314 e. The molecule has 0 radical (unpaired) electrons. The fraction of sp³-hybridized carbons (Fsp3) is 0.200. The van der Waals surface area contributed by atoms with Gasteiger partial charge in [0.2, 0.25) is 0 Å². The van der Waals surface area contributed by atoms with Crippen molar-refractivity contribution in [2.24, 2.45) is 5.73 Å². The molecule has 94 valence electrons. The molecular weight excluding hydrogens is 306 g/mol. The van der Waals surface area contributed by atoms with Crippen LogP contribution in [0, 0.1) is 0 Å². The second-order valence-electron chi connectivity index (χ2n) is 4.09. The molecule has 0 saturated heterocycles. The van der Waals surface area contributed by atoms with Crippen molar-refractivity contribution in [2.75, 3.05) is 0 Å². The van der Waals surface area contributed by atoms with Crippen molar-refractivity contribution in [1.29, 1.82) is 0 Å². The lowest BCUT2D eigenvalue weighted by Gasteiger charge is -2.14. The van der Waals surface area contributed by atoms with Crippen molar-refractivity contribution in [3.05, 3.63) is 58.6 Å². The Kier molecular flexibility index (Phi) is 4.87. The average molecular weight is 322 g/mol. The van der Waals surface area contributed by atoms with Crippen LogP contribution in [0.3, 0.4) is 0 Å². The topological polar surface area (TPSA) is 26.0 Å². The SMILES string of the molecule is CC[C@H](N)c1ccccc1Sc1ccccc1Br. The zero-order valence-electron chi connectivity index (χ0n) is 10.3. The molecule has 0 heterocycles. The smallest absolute Gasteiger partial charge is 0.0314 e. The summed E-state index contributed by atoms with van der Waals surface area (Å²) >= 11 is 5.34. The van der Waals surface area contributed by atoms with Crippen molar-refractivity contribution >= 4 is 27.7 Å². The summed E-state index contributed by atoms with van der Waals surface area (Å²) in [5.74, 6) is 0. The van der Waals surface area contributed by atoms with Gasteiger partial charge in [-0.25, -0.2) is 0 Å². The van der Waals surface area contributed by atoms with Gasteiger partial charge in [-0.2, -0.15) is 0 Å². The first kappa shape index (κ1) is 13.7. The summed E-state index contributed by atoms with van der Waals surface area (Å²) in [6, 6.07) is 16.7. The molecule has 3 heteroatoms. The molecule has 0 fully saturated rings. The summed E-state index contributed by atoms with van der Waals surface area (Å²) in [5.41, 5.74) is 7.38. The summed E-state index contributed by atoms with van der Waals surface area (Å²) in [6.07, 6.45) is 0.952. The van der Waals surface area contributed by atoms with Crippen molar-refractivity contribution in [3.8, 4) is 0 Å². The van der Waals surface area contributed by atoms with Crippen LogP contribution in [0.4, 0.5) is 0 Å². The molecule has 0 aliphatic heterocycles. The number of rotatable bonds is 4. The molecule has 1 atom stereocenters. The number of nitrogens with two attached hydrogens (primary N) is 1. The molecule has 2 aromatic carbocycles. The molecular formula is C15H16BrNS. The summed E-state index contributed by atoms with van der Waals surface area (Å²) in [7, 11) is 0. The Morgan fingerprint density at radius 1 is 1.06 bits per heavy atom. The van der Waals surface area contributed by atoms with Crippen LogP contribution in [0.15, 0.2) is 62.8 Å². The lowest BCUT2D eigenvalue weighted by molar-refractivity contribution is 0.685. The Hall–Kier alpha value is -0.770. The van der Waals surface area contributed by atoms with E-state index in [1.165, 1.54) is 15.4 Å². The fourth-order valence-electron chi connectivity index (χ4n) is 1.75. The Morgan fingerprint density at radius 3 is 2.33 bits per heavy atom. The lowest BCUT2D eigenvalue weighted by Crippen LogP contribution is -2.09. The minimum absolute atomic E-state index is 0.108. The van der Waals surface area contributed by atoms with E-state index in [0.29, 0.717) is 0 Å². The third-order valence-corrected chi connectivity index (χ3v) is 4.94. The van der Waals surface area contributed by atoms with E-state index in [2.05, 4.69) is 65.3 Å². The Balaban J connectivity index is 2.32. The molecule has 0 bridgehead atoms. The van der Waals surface area contributed by atoms with Crippen LogP contribution in [0.5, 0.6) is 0 Å². The van der Waals surface area contributed by atoms with Gasteiger partial charge in [0.25, 0.3) is 0 Å². The Bertz CT molecular complexity index is 527. The first-order valence-electron chi connectivity index (χ1n) is 5.99. The van der Waals surface area contributed by atoms with E-state index < -0.39 is 0 Å². The first-order valence-corrected chi connectivity index (χ1v) is 7.60. The van der Waals surface area contributed by atoms with Gasteiger partial charge >= 0.3 is 0 Å². The third kappa shape index (κ3) is 3.16. The van der Waals surface area contributed by atoms with Gasteiger partial charge in [-0.3, -0.25) is 0 Å². The second-order valence-corrected chi connectivity index (χ2v) is 6.02. The van der Waals surface area contributed by atoms with E-state index in [1.807, 2.05) is 6.07 Å². The molecule has 0 aliphatic rings. The van der Waals surface area contributed by atoms with E-state index in [1.54, 1.807) is 11.8 Å². The number of halogens is 1. The predicted molar refractivity (Wildman–Crippen MR) is 81.9 cm³/mol. The Morgan fingerprint density at radius 2 is 1.67 bits per heavy atom. The lowest BCUT2D eigenvalue weighted by atomic mass is 10.1. The molecule has 0 unspecified atom stereocenters. The quantitative estimate of drug-likeness (QED) is 0.856. The molecule has 0 spiro atoms. The van der Waals surface area contributed by atoms with Gasteiger partial charge in [0, 0.05) is 20.3 Å². The second kappa shape index (κ2) is 6.41. The standard InChI is InChI=1S/C15H16BrNS/c1-2-13(17)11-7-3-5-9-14(11)18-15-10-6-4-8-12(15)16/h3-10,13H,2,17H2,1H3/t13-/m0/s1. The van der Waals surface area contributed by atoms with Gasteiger partial charge in [0.15, 0.2) is 0 Å². The van der Waals surface area contributed by atoms with E-state index >= 15 is 0 Å². The summed E-state index contributed by atoms with van der Waals surface area (Å²) in [6.45, 7) is 2.12. The third-order valence-electron chi connectivity index (χ3n) is 2.81. The number of hydrogen-bond donors (Lipinski definition) is 1. The highest BCUT2D eigenvalue weighted by Gasteiger charge is 2.10.